The Kier molecular flexibility index (Phi) is 6.11. The monoisotopic (exact) mass is 361 g/mol. The molecule has 1 spiro atoms. The van der Waals surface area contributed by atoms with Crippen molar-refractivity contribution in [3.05, 3.63) is 11.6 Å². The molecule has 0 amide bonds. The molecule has 0 aromatic rings. The Hall–Kier alpha value is -0.600. The van der Waals surface area contributed by atoms with Gasteiger partial charge in [0.2, 0.25) is 0 Å². The van der Waals surface area contributed by atoms with Crippen molar-refractivity contribution in [3.8, 4) is 0 Å². The number of ether oxygens (including phenoxy) is 1. The first-order chi connectivity index (χ1) is 11.9. The Morgan fingerprint density at radius 2 is 1.80 bits per heavy atom. The van der Waals surface area contributed by atoms with E-state index in [1.54, 1.807) is 0 Å². The molecule has 144 valence electrons. The predicted octanol–water partition coefficient (Wildman–Crippen LogP) is 1.57. The zero-order valence-electron chi connectivity index (χ0n) is 14.4. The van der Waals surface area contributed by atoms with Gasteiger partial charge in [-0.25, -0.2) is 0 Å². The lowest BCUT2D eigenvalue weighted by molar-refractivity contribution is -0.129. The molecule has 7 heteroatoms. The van der Waals surface area contributed by atoms with E-state index in [1.807, 2.05) is 0 Å². The molecule has 0 aliphatic heterocycles. The molecule has 4 atom stereocenters. The highest BCUT2D eigenvalue weighted by Gasteiger charge is 2.41. The van der Waals surface area contributed by atoms with Crippen LogP contribution in [0.3, 0.4) is 0 Å². The molecule has 0 bridgehead atoms. The average Bonchev–Trinajstić information content (AvgIpc) is 2.57. The van der Waals surface area contributed by atoms with Gasteiger partial charge in [-0.15, -0.1) is 0 Å². The Morgan fingerprint density at radius 1 is 1.12 bits per heavy atom. The fourth-order valence-corrected chi connectivity index (χ4v) is 4.49. The van der Waals surface area contributed by atoms with Gasteiger partial charge in [0.25, 0.3) is 0 Å². The van der Waals surface area contributed by atoms with Crippen molar-refractivity contribution in [1.82, 2.24) is 5.32 Å². The molecule has 3 aliphatic rings. The highest BCUT2D eigenvalue weighted by atomic mass is 19.3. The second kappa shape index (κ2) is 7.96. The van der Waals surface area contributed by atoms with Crippen LogP contribution in [-0.4, -0.2) is 59.4 Å². The minimum absolute atomic E-state index is 0.174. The quantitative estimate of drug-likeness (QED) is 0.540. The largest absolute Gasteiger partial charge is 0.388 e. The maximum absolute atomic E-state index is 12.2. The third-order valence-corrected chi connectivity index (χ3v) is 6.41. The highest BCUT2D eigenvalue weighted by Crippen LogP contribution is 2.52. The van der Waals surface area contributed by atoms with Crippen LogP contribution in [0.25, 0.3) is 0 Å². The maximum atomic E-state index is 12.2. The molecular weight excluding hydrogens is 332 g/mol. The van der Waals surface area contributed by atoms with E-state index in [2.05, 4.69) is 10.1 Å². The number of aliphatic hydroxyl groups is 3. The molecule has 3 aliphatic carbocycles. The van der Waals surface area contributed by atoms with Gasteiger partial charge in [-0.05, 0) is 62.0 Å². The third-order valence-electron chi connectivity index (χ3n) is 6.41. The molecule has 0 heterocycles. The SMILES string of the molecule is O[C@@H]1[C@@H](O)[C@@H](O)C(COC(F)F)=C[C@H]1NCC1CCC2(CCC2)CC1. The van der Waals surface area contributed by atoms with Crippen LogP contribution in [0.2, 0.25) is 0 Å². The van der Waals surface area contributed by atoms with Crippen molar-refractivity contribution in [2.24, 2.45) is 11.3 Å². The first-order valence-corrected chi connectivity index (χ1v) is 9.28. The minimum atomic E-state index is -2.94. The van der Waals surface area contributed by atoms with Crippen molar-refractivity contribution in [1.29, 1.82) is 0 Å². The summed E-state index contributed by atoms with van der Waals surface area (Å²) in [6, 6.07) is -0.575. The molecule has 4 N–H and O–H groups in total. The summed E-state index contributed by atoms with van der Waals surface area (Å²) in [6.07, 6.45) is 6.44. The van der Waals surface area contributed by atoms with Crippen molar-refractivity contribution in [3.63, 3.8) is 0 Å². The number of nitrogens with one attached hydrogen (secondary N) is 1. The number of halogens is 2. The fraction of sp³-hybridized carbons (Fsp3) is 0.889. The molecule has 0 saturated heterocycles. The Morgan fingerprint density at radius 3 is 2.36 bits per heavy atom. The Labute approximate surface area is 147 Å². The van der Waals surface area contributed by atoms with E-state index < -0.39 is 37.6 Å². The maximum Gasteiger partial charge on any atom is 0.345 e. The average molecular weight is 361 g/mol. The van der Waals surface area contributed by atoms with E-state index >= 15 is 0 Å². The van der Waals surface area contributed by atoms with Crippen LogP contribution in [-0.2, 0) is 4.74 Å². The van der Waals surface area contributed by atoms with Gasteiger partial charge in [0.05, 0.1) is 12.6 Å². The summed E-state index contributed by atoms with van der Waals surface area (Å²) < 4.78 is 28.7. The second-order valence-corrected chi connectivity index (χ2v) is 7.97. The Balaban J connectivity index is 1.52. The lowest BCUT2D eigenvalue weighted by Crippen LogP contribution is -2.55. The molecular formula is C18H29F2NO4. The van der Waals surface area contributed by atoms with Crippen molar-refractivity contribution >= 4 is 0 Å². The zero-order chi connectivity index (χ0) is 18.0. The van der Waals surface area contributed by atoms with Crippen LogP contribution in [0, 0.1) is 11.3 Å². The van der Waals surface area contributed by atoms with Gasteiger partial charge in [-0.2, -0.15) is 8.78 Å². The molecule has 3 rings (SSSR count). The summed E-state index contributed by atoms with van der Waals surface area (Å²) in [4.78, 5) is 0. The van der Waals surface area contributed by atoms with Crippen LogP contribution in [0.5, 0.6) is 0 Å². The van der Waals surface area contributed by atoms with E-state index in [0.29, 0.717) is 17.9 Å². The first-order valence-electron chi connectivity index (χ1n) is 9.28. The van der Waals surface area contributed by atoms with Gasteiger partial charge < -0.3 is 25.4 Å². The summed E-state index contributed by atoms with van der Waals surface area (Å²) in [7, 11) is 0. The molecule has 2 saturated carbocycles. The molecule has 5 nitrogen and oxygen atoms in total. The van der Waals surface area contributed by atoms with E-state index in [4.69, 9.17) is 0 Å². The van der Waals surface area contributed by atoms with Crippen LogP contribution in [0.1, 0.15) is 44.9 Å². The van der Waals surface area contributed by atoms with Gasteiger partial charge in [-0.1, -0.05) is 12.5 Å². The van der Waals surface area contributed by atoms with Gasteiger partial charge >= 0.3 is 6.61 Å². The van der Waals surface area contributed by atoms with Gasteiger partial charge in [-0.3, -0.25) is 0 Å². The van der Waals surface area contributed by atoms with Crippen LogP contribution in [0.15, 0.2) is 11.6 Å². The zero-order valence-corrected chi connectivity index (χ0v) is 14.4. The summed E-state index contributed by atoms with van der Waals surface area (Å²) in [5, 5.41) is 33.3. The molecule has 0 aromatic heterocycles. The van der Waals surface area contributed by atoms with Gasteiger partial charge in [0.1, 0.15) is 18.3 Å². The third kappa shape index (κ3) is 4.39. The number of aliphatic hydroxyl groups excluding tert-OH is 3. The number of hydrogen-bond donors (Lipinski definition) is 4. The highest BCUT2D eigenvalue weighted by molar-refractivity contribution is 5.22. The predicted molar refractivity (Wildman–Crippen MR) is 88.1 cm³/mol. The van der Waals surface area contributed by atoms with Crippen molar-refractivity contribution in [2.75, 3.05) is 13.2 Å². The van der Waals surface area contributed by atoms with E-state index in [0.717, 1.165) is 12.8 Å². The lowest BCUT2D eigenvalue weighted by atomic mass is 9.59. The van der Waals surface area contributed by atoms with Gasteiger partial charge in [0.15, 0.2) is 0 Å². The number of alkyl halides is 2. The second-order valence-electron chi connectivity index (χ2n) is 7.97. The number of rotatable bonds is 6. The molecule has 0 aromatic carbocycles. The number of hydrogen-bond acceptors (Lipinski definition) is 5. The smallest absolute Gasteiger partial charge is 0.345 e. The molecule has 25 heavy (non-hydrogen) atoms. The van der Waals surface area contributed by atoms with E-state index in [1.165, 1.54) is 38.2 Å². The summed E-state index contributed by atoms with van der Waals surface area (Å²) in [5.41, 5.74) is 0.772. The van der Waals surface area contributed by atoms with Gasteiger partial charge in [0, 0.05) is 0 Å². The van der Waals surface area contributed by atoms with Crippen LogP contribution in [0.4, 0.5) is 8.78 Å². The van der Waals surface area contributed by atoms with E-state index in [-0.39, 0.29) is 5.57 Å². The normalized spacial score (nSPS) is 35.7. The van der Waals surface area contributed by atoms with Crippen molar-refractivity contribution < 1.29 is 28.8 Å². The molecule has 0 unspecified atom stereocenters. The molecule has 2 fully saturated rings. The molecule has 0 radical (unpaired) electrons. The Bertz CT molecular complexity index is 474. The van der Waals surface area contributed by atoms with Crippen molar-refractivity contribution in [2.45, 2.75) is 75.9 Å². The summed E-state index contributed by atoms with van der Waals surface area (Å²) in [6.45, 7) is -2.70. The standard InChI is InChI=1S/C18H29F2NO4/c19-17(20)25-10-12-8-13(15(23)16(24)14(12)22)21-9-11-2-6-18(7-3-11)4-1-5-18/h8,11,13-17,21-24H,1-7,9-10H2/t13-,14+,15+,16+/m1/s1. The van der Waals surface area contributed by atoms with Crippen LogP contribution < -0.4 is 5.32 Å². The minimum Gasteiger partial charge on any atom is -0.388 e. The van der Waals surface area contributed by atoms with E-state index in [9.17, 15) is 24.1 Å². The van der Waals surface area contributed by atoms with Crippen LogP contribution >= 0.6 is 0 Å². The summed E-state index contributed by atoms with van der Waals surface area (Å²) >= 11 is 0. The fourth-order valence-electron chi connectivity index (χ4n) is 4.49. The lowest BCUT2D eigenvalue weighted by Gasteiger charge is -2.47. The topological polar surface area (TPSA) is 82.0 Å². The summed E-state index contributed by atoms with van der Waals surface area (Å²) in [5.74, 6) is 0.525. The first kappa shape index (κ1) is 19.2.